The Morgan fingerprint density at radius 1 is 1.25 bits per heavy atom. The molecule has 16 heavy (non-hydrogen) atoms. The van der Waals surface area contributed by atoms with Crippen molar-refractivity contribution in [3.05, 3.63) is 48.2 Å². The molecule has 0 aliphatic heterocycles. The van der Waals surface area contributed by atoms with Crippen LogP contribution in [0.25, 0.3) is 0 Å². The number of nitrogens with zero attached hydrogens (tertiary/aromatic N) is 3. The van der Waals surface area contributed by atoms with Gasteiger partial charge in [-0.3, -0.25) is 0 Å². The molecular weight excluding hydrogens is 225 g/mol. The SMILES string of the molecule is N#Cc1nccnc1Sc1cccc(F)c1. The lowest BCUT2D eigenvalue weighted by Crippen LogP contribution is -1.89. The average Bonchev–Trinajstić information content (AvgIpc) is 2.30. The minimum Gasteiger partial charge on any atom is -0.245 e. The van der Waals surface area contributed by atoms with Gasteiger partial charge >= 0.3 is 0 Å². The van der Waals surface area contributed by atoms with Crippen LogP contribution in [-0.4, -0.2) is 9.97 Å². The number of aromatic nitrogens is 2. The highest BCUT2D eigenvalue weighted by Gasteiger charge is 2.06. The van der Waals surface area contributed by atoms with Gasteiger partial charge in [-0.2, -0.15) is 5.26 Å². The number of hydrogen-bond donors (Lipinski definition) is 0. The van der Waals surface area contributed by atoms with Crippen molar-refractivity contribution in [2.45, 2.75) is 9.92 Å². The molecule has 78 valence electrons. The lowest BCUT2D eigenvalue weighted by molar-refractivity contribution is 0.624. The molecule has 1 heterocycles. The first-order valence-corrected chi connectivity index (χ1v) is 5.26. The van der Waals surface area contributed by atoms with Gasteiger partial charge in [0.15, 0.2) is 5.69 Å². The fraction of sp³-hybridized carbons (Fsp3) is 0. The van der Waals surface area contributed by atoms with E-state index in [1.807, 2.05) is 6.07 Å². The Morgan fingerprint density at radius 3 is 2.81 bits per heavy atom. The summed E-state index contributed by atoms with van der Waals surface area (Å²) < 4.78 is 12.9. The van der Waals surface area contributed by atoms with Crippen LogP contribution in [0.15, 0.2) is 46.6 Å². The van der Waals surface area contributed by atoms with Crippen molar-refractivity contribution >= 4 is 11.8 Å². The second kappa shape index (κ2) is 4.73. The van der Waals surface area contributed by atoms with Crippen LogP contribution in [0.1, 0.15) is 5.69 Å². The molecule has 0 N–H and O–H groups in total. The molecule has 1 aromatic carbocycles. The van der Waals surface area contributed by atoms with Crippen LogP contribution in [-0.2, 0) is 0 Å². The summed E-state index contributed by atoms with van der Waals surface area (Å²) in [4.78, 5) is 8.60. The van der Waals surface area contributed by atoms with E-state index in [1.165, 1.54) is 36.3 Å². The number of halogens is 1. The highest BCUT2D eigenvalue weighted by molar-refractivity contribution is 7.99. The molecule has 0 radical (unpaired) electrons. The van der Waals surface area contributed by atoms with Gasteiger partial charge in [0.2, 0.25) is 0 Å². The third-order valence-corrected chi connectivity index (χ3v) is 2.76. The largest absolute Gasteiger partial charge is 0.245 e. The molecule has 0 atom stereocenters. The summed E-state index contributed by atoms with van der Waals surface area (Å²) in [5.74, 6) is -0.313. The molecule has 0 spiro atoms. The van der Waals surface area contributed by atoms with E-state index in [2.05, 4.69) is 9.97 Å². The maximum Gasteiger partial charge on any atom is 0.173 e. The van der Waals surface area contributed by atoms with Crippen LogP contribution in [0.3, 0.4) is 0 Å². The molecule has 0 saturated carbocycles. The second-order valence-electron chi connectivity index (χ2n) is 2.88. The van der Waals surface area contributed by atoms with E-state index in [9.17, 15) is 4.39 Å². The molecular formula is C11H6FN3S. The van der Waals surface area contributed by atoms with Gasteiger partial charge < -0.3 is 0 Å². The van der Waals surface area contributed by atoms with Crippen molar-refractivity contribution in [3.8, 4) is 6.07 Å². The predicted molar refractivity (Wildman–Crippen MR) is 57.3 cm³/mol. The third kappa shape index (κ3) is 2.35. The van der Waals surface area contributed by atoms with E-state index in [1.54, 1.807) is 12.1 Å². The zero-order chi connectivity index (χ0) is 11.4. The topological polar surface area (TPSA) is 49.6 Å². The maximum absolute atomic E-state index is 12.9. The van der Waals surface area contributed by atoms with Crippen LogP contribution in [0.5, 0.6) is 0 Å². The van der Waals surface area contributed by atoms with Gasteiger partial charge in [-0.1, -0.05) is 17.8 Å². The molecule has 2 aromatic rings. The third-order valence-electron chi connectivity index (χ3n) is 1.78. The maximum atomic E-state index is 12.9. The van der Waals surface area contributed by atoms with E-state index < -0.39 is 0 Å². The van der Waals surface area contributed by atoms with Crippen LogP contribution < -0.4 is 0 Å². The van der Waals surface area contributed by atoms with Gasteiger partial charge in [-0.05, 0) is 18.2 Å². The van der Waals surface area contributed by atoms with Crippen LogP contribution in [0.4, 0.5) is 4.39 Å². The Morgan fingerprint density at radius 2 is 2.06 bits per heavy atom. The Bertz CT molecular complexity index is 551. The summed E-state index contributed by atoms with van der Waals surface area (Å²) in [7, 11) is 0. The summed E-state index contributed by atoms with van der Waals surface area (Å²) >= 11 is 1.22. The van der Waals surface area contributed by atoms with Gasteiger partial charge in [0.05, 0.1) is 0 Å². The van der Waals surface area contributed by atoms with Crippen molar-refractivity contribution in [3.63, 3.8) is 0 Å². The van der Waals surface area contributed by atoms with Crippen molar-refractivity contribution < 1.29 is 4.39 Å². The molecule has 1 aromatic heterocycles. The molecule has 0 unspecified atom stereocenters. The molecule has 5 heteroatoms. The van der Waals surface area contributed by atoms with E-state index >= 15 is 0 Å². The normalized spacial score (nSPS) is 9.75. The fourth-order valence-corrected chi connectivity index (χ4v) is 1.97. The summed E-state index contributed by atoms with van der Waals surface area (Å²) in [6.45, 7) is 0. The highest BCUT2D eigenvalue weighted by Crippen LogP contribution is 2.27. The Kier molecular flexibility index (Phi) is 3.13. The van der Waals surface area contributed by atoms with Crippen LogP contribution in [0.2, 0.25) is 0 Å². The van der Waals surface area contributed by atoms with Gasteiger partial charge in [0, 0.05) is 17.3 Å². The first-order valence-electron chi connectivity index (χ1n) is 4.44. The molecule has 0 fully saturated rings. The van der Waals surface area contributed by atoms with Crippen molar-refractivity contribution in [1.82, 2.24) is 9.97 Å². The molecule has 0 bridgehead atoms. The molecule has 2 rings (SSSR count). The lowest BCUT2D eigenvalue weighted by atomic mass is 10.4. The summed E-state index contributed by atoms with van der Waals surface area (Å²) in [5.41, 5.74) is 0.247. The van der Waals surface area contributed by atoms with Gasteiger partial charge in [-0.25, -0.2) is 14.4 Å². The summed E-state index contributed by atoms with van der Waals surface area (Å²) in [6, 6.07) is 8.06. The Labute approximate surface area is 96.0 Å². The van der Waals surface area contributed by atoms with Gasteiger partial charge in [0.1, 0.15) is 16.9 Å². The zero-order valence-electron chi connectivity index (χ0n) is 8.09. The molecule has 0 saturated heterocycles. The van der Waals surface area contributed by atoms with Crippen molar-refractivity contribution in [1.29, 1.82) is 5.26 Å². The second-order valence-corrected chi connectivity index (χ2v) is 3.94. The molecule has 0 aliphatic rings. The van der Waals surface area contributed by atoms with E-state index in [-0.39, 0.29) is 11.5 Å². The van der Waals surface area contributed by atoms with E-state index in [0.29, 0.717) is 9.92 Å². The number of benzene rings is 1. The van der Waals surface area contributed by atoms with E-state index in [4.69, 9.17) is 5.26 Å². The summed E-state index contributed by atoms with van der Waals surface area (Å²) in [5, 5.41) is 9.29. The number of nitriles is 1. The minimum atomic E-state index is -0.313. The number of hydrogen-bond acceptors (Lipinski definition) is 4. The summed E-state index contributed by atoms with van der Waals surface area (Å²) in [6.07, 6.45) is 2.96. The van der Waals surface area contributed by atoms with E-state index in [0.717, 1.165) is 0 Å². The first kappa shape index (κ1) is 10.6. The Balaban J connectivity index is 2.31. The monoisotopic (exact) mass is 231 g/mol. The number of rotatable bonds is 2. The average molecular weight is 231 g/mol. The van der Waals surface area contributed by atoms with Crippen LogP contribution >= 0.6 is 11.8 Å². The lowest BCUT2D eigenvalue weighted by Gasteiger charge is -2.01. The van der Waals surface area contributed by atoms with Gasteiger partial charge in [-0.15, -0.1) is 0 Å². The standard InChI is InChI=1S/C11H6FN3S/c12-8-2-1-3-9(6-8)16-11-10(7-13)14-4-5-15-11/h1-6H. The Hall–Kier alpha value is -1.93. The van der Waals surface area contributed by atoms with Crippen molar-refractivity contribution in [2.24, 2.45) is 0 Å². The smallest absolute Gasteiger partial charge is 0.173 e. The molecule has 0 amide bonds. The quantitative estimate of drug-likeness (QED) is 0.797. The highest BCUT2D eigenvalue weighted by atomic mass is 32.2. The molecule has 0 aliphatic carbocycles. The van der Waals surface area contributed by atoms with Gasteiger partial charge in [0.25, 0.3) is 0 Å². The van der Waals surface area contributed by atoms with Crippen molar-refractivity contribution in [2.75, 3.05) is 0 Å². The minimum absolute atomic E-state index is 0.247. The zero-order valence-corrected chi connectivity index (χ0v) is 8.91. The fourth-order valence-electron chi connectivity index (χ4n) is 1.12. The first-order chi connectivity index (χ1) is 7.79. The van der Waals surface area contributed by atoms with Crippen LogP contribution in [0, 0.1) is 17.1 Å². The predicted octanol–water partition coefficient (Wildman–Crippen LogP) is 2.64. The molecule has 3 nitrogen and oxygen atoms in total.